The van der Waals surface area contributed by atoms with Gasteiger partial charge in [0.25, 0.3) is 0 Å². The first kappa shape index (κ1) is 13.5. The number of benzene rings is 1. The van der Waals surface area contributed by atoms with Crippen molar-refractivity contribution in [3.63, 3.8) is 0 Å². The van der Waals surface area contributed by atoms with Gasteiger partial charge in [0.1, 0.15) is 5.75 Å². The Bertz CT molecular complexity index is 360. The van der Waals surface area contributed by atoms with Crippen LogP contribution < -0.4 is 15.8 Å². The molecule has 1 amide bonds. The molecule has 3 N–H and O–H groups in total. The molecule has 1 aromatic carbocycles. The van der Waals surface area contributed by atoms with Crippen molar-refractivity contribution in [3.05, 3.63) is 24.3 Å². The molecule has 0 fully saturated rings. The molecule has 1 rings (SSSR count). The minimum absolute atomic E-state index is 0.123. The van der Waals surface area contributed by atoms with E-state index in [0.29, 0.717) is 6.61 Å². The molecule has 0 aromatic heterocycles. The Kier molecular flexibility index (Phi) is 4.97. The largest absolute Gasteiger partial charge is 0.494 e. The summed E-state index contributed by atoms with van der Waals surface area (Å²) in [4.78, 5) is 11.7. The van der Waals surface area contributed by atoms with Gasteiger partial charge in [-0.25, -0.2) is 0 Å². The maximum atomic E-state index is 11.7. The van der Waals surface area contributed by atoms with Crippen LogP contribution >= 0.6 is 0 Å². The van der Waals surface area contributed by atoms with Crippen LogP contribution in [0.2, 0.25) is 0 Å². The van der Waals surface area contributed by atoms with Gasteiger partial charge in [-0.1, -0.05) is 13.8 Å². The third-order valence-corrected chi connectivity index (χ3v) is 2.45. The highest BCUT2D eigenvalue weighted by atomic mass is 16.5. The molecule has 0 heterocycles. The standard InChI is InChI=1S/C13H20N2O2/c1-4-17-11-7-5-10(6-8-11)15-13(16)12(14)9(2)3/h5-9,12H,4,14H2,1-3H3,(H,15,16)/t12-/m0/s1. The fourth-order valence-corrected chi connectivity index (χ4v) is 1.33. The normalized spacial score (nSPS) is 12.3. The quantitative estimate of drug-likeness (QED) is 0.822. The van der Waals surface area contributed by atoms with Crippen LogP contribution in [0.15, 0.2) is 24.3 Å². The summed E-state index contributed by atoms with van der Waals surface area (Å²) >= 11 is 0. The van der Waals surface area contributed by atoms with Crippen molar-refractivity contribution in [3.8, 4) is 5.75 Å². The van der Waals surface area contributed by atoms with E-state index in [4.69, 9.17) is 10.5 Å². The van der Waals surface area contributed by atoms with E-state index in [9.17, 15) is 4.79 Å². The monoisotopic (exact) mass is 236 g/mol. The Labute approximate surface area is 102 Å². The van der Waals surface area contributed by atoms with Crippen LogP contribution in [0.5, 0.6) is 5.75 Å². The molecule has 0 radical (unpaired) electrons. The van der Waals surface area contributed by atoms with Gasteiger partial charge in [-0.15, -0.1) is 0 Å². The van der Waals surface area contributed by atoms with Crippen molar-refractivity contribution in [2.45, 2.75) is 26.8 Å². The van der Waals surface area contributed by atoms with E-state index in [0.717, 1.165) is 11.4 Å². The lowest BCUT2D eigenvalue weighted by Gasteiger charge is -2.15. The summed E-state index contributed by atoms with van der Waals surface area (Å²) in [6.45, 7) is 6.39. The molecule has 1 aromatic rings. The van der Waals surface area contributed by atoms with E-state index in [1.807, 2.05) is 32.9 Å². The van der Waals surface area contributed by atoms with Crippen LogP contribution in [0.3, 0.4) is 0 Å². The van der Waals surface area contributed by atoms with Gasteiger partial charge in [0, 0.05) is 5.69 Å². The molecular formula is C13H20N2O2. The third-order valence-electron chi connectivity index (χ3n) is 2.45. The Morgan fingerprint density at radius 1 is 1.35 bits per heavy atom. The topological polar surface area (TPSA) is 64.3 Å². The maximum absolute atomic E-state index is 11.7. The van der Waals surface area contributed by atoms with Crippen LogP contribution in [-0.2, 0) is 4.79 Å². The Balaban J connectivity index is 2.60. The Hall–Kier alpha value is -1.55. The van der Waals surface area contributed by atoms with Crippen molar-refractivity contribution in [2.75, 3.05) is 11.9 Å². The minimum Gasteiger partial charge on any atom is -0.494 e. The summed E-state index contributed by atoms with van der Waals surface area (Å²) in [6.07, 6.45) is 0. The Morgan fingerprint density at radius 2 is 1.94 bits per heavy atom. The summed E-state index contributed by atoms with van der Waals surface area (Å²) in [6, 6.07) is 6.76. The number of rotatable bonds is 5. The second-order valence-corrected chi connectivity index (χ2v) is 4.22. The SMILES string of the molecule is CCOc1ccc(NC(=O)[C@@H](N)C(C)C)cc1. The summed E-state index contributed by atoms with van der Waals surface area (Å²) < 4.78 is 5.31. The molecule has 0 aliphatic carbocycles. The molecule has 0 unspecified atom stereocenters. The smallest absolute Gasteiger partial charge is 0.241 e. The maximum Gasteiger partial charge on any atom is 0.241 e. The number of anilines is 1. The number of nitrogens with two attached hydrogens (primary N) is 1. The van der Waals surface area contributed by atoms with Gasteiger partial charge in [-0.2, -0.15) is 0 Å². The summed E-state index contributed by atoms with van der Waals surface area (Å²) in [7, 11) is 0. The second kappa shape index (κ2) is 6.25. The van der Waals surface area contributed by atoms with Gasteiger partial charge >= 0.3 is 0 Å². The zero-order valence-corrected chi connectivity index (χ0v) is 10.6. The summed E-state index contributed by atoms with van der Waals surface area (Å²) in [5.74, 6) is 0.750. The van der Waals surface area contributed by atoms with Crippen molar-refractivity contribution in [2.24, 2.45) is 11.7 Å². The first-order valence-electron chi connectivity index (χ1n) is 5.84. The Morgan fingerprint density at radius 3 is 2.41 bits per heavy atom. The molecule has 0 spiro atoms. The van der Waals surface area contributed by atoms with Crippen LogP contribution in [0.4, 0.5) is 5.69 Å². The molecule has 0 aliphatic heterocycles. The molecule has 17 heavy (non-hydrogen) atoms. The lowest BCUT2D eigenvalue weighted by molar-refractivity contribution is -0.118. The zero-order chi connectivity index (χ0) is 12.8. The predicted octanol–water partition coefficient (Wildman–Crippen LogP) is 2.01. The van der Waals surface area contributed by atoms with Gasteiger partial charge in [0.15, 0.2) is 0 Å². The number of hydrogen-bond acceptors (Lipinski definition) is 3. The lowest BCUT2D eigenvalue weighted by Crippen LogP contribution is -2.39. The van der Waals surface area contributed by atoms with E-state index in [-0.39, 0.29) is 11.8 Å². The highest BCUT2D eigenvalue weighted by molar-refractivity contribution is 5.94. The lowest BCUT2D eigenvalue weighted by atomic mass is 10.1. The van der Waals surface area contributed by atoms with Gasteiger partial charge in [0.2, 0.25) is 5.91 Å². The van der Waals surface area contributed by atoms with E-state index >= 15 is 0 Å². The van der Waals surface area contributed by atoms with E-state index in [2.05, 4.69) is 5.32 Å². The first-order valence-corrected chi connectivity index (χ1v) is 5.84. The average Bonchev–Trinajstić information content (AvgIpc) is 2.30. The number of hydrogen-bond donors (Lipinski definition) is 2. The molecule has 94 valence electrons. The number of carbonyl (C=O) groups is 1. The van der Waals surface area contributed by atoms with Crippen LogP contribution in [0, 0.1) is 5.92 Å². The molecule has 0 bridgehead atoms. The number of amides is 1. The van der Waals surface area contributed by atoms with Crippen molar-refractivity contribution >= 4 is 11.6 Å². The number of carbonyl (C=O) groups excluding carboxylic acids is 1. The first-order chi connectivity index (χ1) is 8.04. The molecule has 1 atom stereocenters. The molecule has 0 saturated carbocycles. The number of ether oxygens (including phenoxy) is 1. The molecular weight excluding hydrogens is 216 g/mol. The van der Waals surface area contributed by atoms with E-state index in [1.54, 1.807) is 12.1 Å². The third kappa shape index (κ3) is 4.07. The van der Waals surface area contributed by atoms with Crippen LogP contribution in [0.1, 0.15) is 20.8 Å². The second-order valence-electron chi connectivity index (χ2n) is 4.22. The molecule has 0 aliphatic rings. The fraction of sp³-hybridized carbons (Fsp3) is 0.462. The summed E-state index contributed by atoms with van der Waals surface area (Å²) in [5, 5.41) is 2.77. The van der Waals surface area contributed by atoms with Crippen molar-refractivity contribution < 1.29 is 9.53 Å². The predicted molar refractivity (Wildman–Crippen MR) is 69.1 cm³/mol. The van der Waals surface area contributed by atoms with Gasteiger partial charge in [0.05, 0.1) is 12.6 Å². The number of nitrogens with one attached hydrogen (secondary N) is 1. The van der Waals surface area contributed by atoms with Gasteiger partial charge in [-0.3, -0.25) is 4.79 Å². The zero-order valence-electron chi connectivity index (χ0n) is 10.6. The van der Waals surface area contributed by atoms with Crippen molar-refractivity contribution in [1.29, 1.82) is 0 Å². The molecule has 4 heteroatoms. The fourth-order valence-electron chi connectivity index (χ4n) is 1.33. The van der Waals surface area contributed by atoms with Crippen molar-refractivity contribution in [1.82, 2.24) is 0 Å². The van der Waals surface area contributed by atoms with Crippen LogP contribution in [0.25, 0.3) is 0 Å². The van der Waals surface area contributed by atoms with E-state index in [1.165, 1.54) is 0 Å². The van der Waals surface area contributed by atoms with Gasteiger partial charge in [-0.05, 0) is 37.1 Å². The minimum atomic E-state index is -0.485. The average molecular weight is 236 g/mol. The highest BCUT2D eigenvalue weighted by Crippen LogP contribution is 2.16. The van der Waals surface area contributed by atoms with Crippen LogP contribution in [-0.4, -0.2) is 18.6 Å². The van der Waals surface area contributed by atoms with E-state index < -0.39 is 6.04 Å². The molecule has 0 saturated heterocycles. The molecule has 4 nitrogen and oxygen atoms in total. The highest BCUT2D eigenvalue weighted by Gasteiger charge is 2.16. The van der Waals surface area contributed by atoms with Gasteiger partial charge < -0.3 is 15.8 Å². The summed E-state index contributed by atoms with van der Waals surface area (Å²) in [5.41, 5.74) is 6.48.